The summed E-state index contributed by atoms with van der Waals surface area (Å²) in [5.74, 6) is -1.09. The van der Waals surface area contributed by atoms with Gasteiger partial charge in [0.2, 0.25) is 0 Å². The summed E-state index contributed by atoms with van der Waals surface area (Å²) in [6, 6.07) is 51.3. The Labute approximate surface area is 279 Å². The van der Waals surface area contributed by atoms with Gasteiger partial charge in [-0.05, 0) is 59.3 Å². The number of hydrogen-bond acceptors (Lipinski definition) is 6. The number of esters is 2. The zero-order valence-electron chi connectivity index (χ0n) is 26.5. The van der Waals surface area contributed by atoms with Crippen LogP contribution in [0.15, 0.2) is 158 Å². The van der Waals surface area contributed by atoms with E-state index in [1.165, 1.54) is 14.2 Å². The summed E-state index contributed by atoms with van der Waals surface area (Å²) in [5.41, 5.74) is 4.77. The number of methoxy groups -OCH3 is 2. The highest BCUT2D eigenvalue weighted by atomic mass is 16.5. The van der Waals surface area contributed by atoms with E-state index in [0.29, 0.717) is 11.4 Å². The van der Waals surface area contributed by atoms with E-state index >= 15 is 0 Å². The minimum absolute atomic E-state index is 0.276. The minimum atomic E-state index is -0.547. The van der Waals surface area contributed by atoms with Gasteiger partial charge in [-0.25, -0.2) is 9.59 Å². The topological polar surface area (TPSA) is 59.1 Å². The highest BCUT2D eigenvalue weighted by molar-refractivity contribution is 6.10. The van der Waals surface area contributed by atoms with Gasteiger partial charge in [0.15, 0.2) is 0 Å². The van der Waals surface area contributed by atoms with Crippen LogP contribution in [-0.2, 0) is 9.47 Å². The van der Waals surface area contributed by atoms with E-state index < -0.39 is 11.9 Å². The van der Waals surface area contributed by atoms with Crippen molar-refractivity contribution in [2.24, 2.45) is 0 Å². The van der Waals surface area contributed by atoms with Crippen LogP contribution in [0, 0.1) is 0 Å². The Kier molecular flexibility index (Phi) is 8.29. The van der Waals surface area contributed by atoms with Crippen molar-refractivity contribution in [3.8, 4) is 0 Å². The lowest BCUT2D eigenvalue weighted by molar-refractivity contribution is 0.0588. The van der Waals surface area contributed by atoms with Crippen molar-refractivity contribution in [3.63, 3.8) is 0 Å². The van der Waals surface area contributed by atoms with Gasteiger partial charge in [0, 0.05) is 22.1 Å². The van der Waals surface area contributed by atoms with E-state index in [9.17, 15) is 9.59 Å². The number of hydrogen-bond donors (Lipinski definition) is 0. The first kappa shape index (κ1) is 30.3. The fourth-order valence-corrected chi connectivity index (χ4v) is 6.27. The molecular formula is C42H32N2O4. The number of rotatable bonds is 8. The summed E-state index contributed by atoms with van der Waals surface area (Å²) >= 11 is 0. The van der Waals surface area contributed by atoms with Gasteiger partial charge in [0.25, 0.3) is 0 Å². The predicted molar refractivity (Wildman–Crippen MR) is 193 cm³/mol. The Morgan fingerprint density at radius 1 is 0.417 bits per heavy atom. The average molecular weight is 629 g/mol. The highest BCUT2D eigenvalue weighted by Gasteiger charge is 2.29. The van der Waals surface area contributed by atoms with E-state index in [0.717, 1.165) is 44.3 Å². The Morgan fingerprint density at radius 3 is 1.17 bits per heavy atom. The second-order valence-corrected chi connectivity index (χ2v) is 11.2. The van der Waals surface area contributed by atoms with Gasteiger partial charge in [0.1, 0.15) is 0 Å². The zero-order chi connectivity index (χ0) is 33.0. The van der Waals surface area contributed by atoms with Crippen LogP contribution in [0.3, 0.4) is 0 Å². The molecule has 0 N–H and O–H groups in total. The Balaban J connectivity index is 1.58. The lowest BCUT2D eigenvalue weighted by atomic mass is 9.99. The normalized spacial score (nSPS) is 10.9. The third-order valence-electron chi connectivity index (χ3n) is 8.45. The summed E-state index contributed by atoms with van der Waals surface area (Å²) in [4.78, 5) is 31.8. The number of para-hydroxylation sites is 2. The van der Waals surface area contributed by atoms with Gasteiger partial charge < -0.3 is 19.3 Å². The molecular weight excluding hydrogens is 596 g/mol. The smallest absolute Gasteiger partial charge is 0.340 e. The van der Waals surface area contributed by atoms with Gasteiger partial charge >= 0.3 is 11.9 Å². The number of anilines is 6. The van der Waals surface area contributed by atoms with Gasteiger partial charge in [-0.1, -0.05) is 109 Å². The molecule has 7 aromatic rings. The van der Waals surface area contributed by atoms with Gasteiger partial charge in [-0.15, -0.1) is 0 Å². The van der Waals surface area contributed by atoms with E-state index in [2.05, 4.69) is 0 Å². The number of fused-ring (bicyclic) bond motifs is 2. The quantitative estimate of drug-likeness (QED) is 0.156. The maximum Gasteiger partial charge on any atom is 0.340 e. The minimum Gasteiger partial charge on any atom is -0.465 e. The number of carbonyl (C=O) groups excluding carboxylic acids is 2. The third kappa shape index (κ3) is 5.50. The van der Waals surface area contributed by atoms with Crippen molar-refractivity contribution in [1.82, 2.24) is 0 Å². The monoisotopic (exact) mass is 628 g/mol. The van der Waals surface area contributed by atoms with Crippen LogP contribution in [0.5, 0.6) is 0 Å². The maximum atomic E-state index is 13.9. The molecule has 234 valence electrons. The van der Waals surface area contributed by atoms with E-state index in [-0.39, 0.29) is 11.1 Å². The summed E-state index contributed by atoms with van der Waals surface area (Å²) in [5, 5.41) is 4.02. The van der Waals surface area contributed by atoms with E-state index in [1.54, 1.807) is 12.1 Å². The number of carbonyl (C=O) groups is 2. The Morgan fingerprint density at radius 2 is 0.771 bits per heavy atom. The van der Waals surface area contributed by atoms with E-state index in [1.807, 2.05) is 155 Å². The molecule has 0 saturated heterocycles. The summed E-state index contributed by atoms with van der Waals surface area (Å²) in [7, 11) is 2.73. The molecule has 6 nitrogen and oxygen atoms in total. The lowest BCUT2D eigenvalue weighted by Gasteiger charge is -2.32. The van der Waals surface area contributed by atoms with Crippen LogP contribution >= 0.6 is 0 Å². The van der Waals surface area contributed by atoms with Crippen molar-refractivity contribution >= 4 is 67.6 Å². The fraction of sp³-hybridized carbons (Fsp3) is 0.0476. The molecule has 6 heteroatoms. The Bertz CT molecular complexity index is 2100. The zero-order valence-corrected chi connectivity index (χ0v) is 26.5. The fourth-order valence-electron chi connectivity index (χ4n) is 6.27. The van der Waals surface area contributed by atoms with Crippen LogP contribution in [0.2, 0.25) is 0 Å². The molecule has 0 spiro atoms. The van der Waals surface area contributed by atoms with Crippen LogP contribution in [0.4, 0.5) is 34.1 Å². The average Bonchev–Trinajstić information content (AvgIpc) is 3.15. The molecule has 0 aromatic heterocycles. The number of ether oxygens (including phenoxy) is 2. The molecule has 0 saturated carbocycles. The van der Waals surface area contributed by atoms with Crippen molar-refractivity contribution in [2.45, 2.75) is 0 Å². The molecule has 0 heterocycles. The van der Waals surface area contributed by atoms with Gasteiger partial charge in [-0.3, -0.25) is 0 Å². The van der Waals surface area contributed by atoms with Crippen molar-refractivity contribution in [3.05, 3.63) is 169 Å². The molecule has 0 unspecified atom stereocenters. The second-order valence-electron chi connectivity index (χ2n) is 11.2. The first-order valence-electron chi connectivity index (χ1n) is 15.6. The first-order chi connectivity index (χ1) is 23.6. The molecule has 0 bridgehead atoms. The standard InChI is InChI=1S/C42H32N2O4/c1-47-41(45)35-27-40(44(32-21-7-4-8-22-32)38-26-14-18-30-16-10-12-24-34(30)38)36(42(46)48-2)28-39(35)43(31-19-5-3-6-20-31)37-25-13-17-29-15-9-11-23-33(29)37/h3-28H,1-2H3. The van der Waals surface area contributed by atoms with Crippen molar-refractivity contribution in [2.75, 3.05) is 24.0 Å². The summed E-state index contributed by atoms with van der Waals surface area (Å²) in [6.07, 6.45) is 0. The van der Waals surface area contributed by atoms with Crippen LogP contribution in [0.1, 0.15) is 20.7 Å². The SMILES string of the molecule is COC(=O)c1cc(N(c2ccccc2)c2cccc3ccccc23)c(C(=O)OC)cc1N(c1ccccc1)c1cccc2ccccc12. The molecule has 0 aliphatic heterocycles. The van der Waals surface area contributed by atoms with Crippen LogP contribution in [-0.4, -0.2) is 26.2 Å². The number of benzene rings is 7. The molecule has 48 heavy (non-hydrogen) atoms. The molecule has 0 radical (unpaired) electrons. The predicted octanol–water partition coefficient (Wildman–Crippen LogP) is 10.5. The third-order valence-corrected chi connectivity index (χ3v) is 8.45. The van der Waals surface area contributed by atoms with Crippen molar-refractivity contribution < 1.29 is 19.1 Å². The molecule has 0 aliphatic rings. The molecule has 7 aromatic carbocycles. The Hall–Kier alpha value is -6.40. The highest BCUT2D eigenvalue weighted by Crippen LogP contribution is 2.46. The molecule has 7 rings (SSSR count). The molecule has 0 fully saturated rings. The number of nitrogens with zero attached hydrogens (tertiary/aromatic N) is 2. The summed E-state index contributed by atoms with van der Waals surface area (Å²) < 4.78 is 10.9. The molecule has 0 aliphatic carbocycles. The summed E-state index contributed by atoms with van der Waals surface area (Å²) in [6.45, 7) is 0. The first-order valence-corrected chi connectivity index (χ1v) is 15.6. The van der Waals surface area contributed by atoms with E-state index in [4.69, 9.17) is 9.47 Å². The largest absolute Gasteiger partial charge is 0.465 e. The second kappa shape index (κ2) is 13.1. The molecule has 0 atom stereocenters. The van der Waals surface area contributed by atoms with Crippen LogP contribution in [0.25, 0.3) is 21.5 Å². The van der Waals surface area contributed by atoms with Crippen LogP contribution < -0.4 is 9.80 Å². The van der Waals surface area contributed by atoms with Gasteiger partial charge in [0.05, 0.1) is 48.1 Å². The maximum absolute atomic E-state index is 13.9. The lowest BCUT2D eigenvalue weighted by Crippen LogP contribution is -2.20. The molecule has 0 amide bonds. The van der Waals surface area contributed by atoms with Crippen molar-refractivity contribution in [1.29, 1.82) is 0 Å². The van der Waals surface area contributed by atoms with Gasteiger partial charge in [-0.2, -0.15) is 0 Å².